The van der Waals surface area contributed by atoms with Gasteiger partial charge < -0.3 is 10.1 Å². The summed E-state index contributed by atoms with van der Waals surface area (Å²) in [5.74, 6) is -0.137. The monoisotopic (exact) mass is 198 g/mol. The topological polar surface area (TPSA) is 62.1 Å². The Morgan fingerprint density at radius 2 is 2.14 bits per heavy atom. The van der Waals surface area contributed by atoms with Crippen LogP contribution in [0.1, 0.15) is 34.1 Å². The molecule has 4 nitrogen and oxygen atoms in total. The molecule has 0 saturated carbocycles. The minimum Gasteiger partial charge on any atom is -0.444 e. The molecule has 0 saturated heterocycles. The molecule has 0 bridgehead atoms. The Bertz CT molecular complexity index is 225. The van der Waals surface area contributed by atoms with Crippen LogP contribution in [0.2, 0.25) is 0 Å². The lowest BCUT2D eigenvalue weighted by atomic mass is 10.1. The van der Waals surface area contributed by atoms with E-state index in [1.807, 2.05) is 6.92 Å². The van der Waals surface area contributed by atoms with Crippen LogP contribution in [0.25, 0.3) is 0 Å². The van der Waals surface area contributed by atoms with Crippen LogP contribution in [0.3, 0.4) is 0 Å². The Morgan fingerprint density at radius 1 is 1.57 bits per heavy atom. The van der Waals surface area contributed by atoms with Crippen molar-refractivity contribution in [3.8, 4) is 6.07 Å². The van der Waals surface area contributed by atoms with E-state index < -0.39 is 11.7 Å². The van der Waals surface area contributed by atoms with Gasteiger partial charge in [0.05, 0.1) is 12.0 Å². The first kappa shape index (κ1) is 12.8. The van der Waals surface area contributed by atoms with E-state index in [2.05, 4.69) is 11.4 Å². The van der Waals surface area contributed by atoms with E-state index in [0.717, 1.165) is 6.42 Å². The number of nitrogens with one attached hydrogen (secondary N) is 1. The van der Waals surface area contributed by atoms with Gasteiger partial charge in [0, 0.05) is 6.54 Å². The maximum absolute atomic E-state index is 11.2. The number of hydrogen-bond acceptors (Lipinski definition) is 3. The number of ether oxygens (including phenoxy) is 1. The minimum atomic E-state index is -0.488. The van der Waals surface area contributed by atoms with Gasteiger partial charge in [0.2, 0.25) is 0 Å². The third-order valence-corrected chi connectivity index (χ3v) is 1.57. The van der Waals surface area contributed by atoms with Gasteiger partial charge in [-0.3, -0.25) is 0 Å². The molecule has 0 aliphatic carbocycles. The first-order valence-electron chi connectivity index (χ1n) is 4.75. The number of amides is 1. The van der Waals surface area contributed by atoms with Crippen molar-refractivity contribution in [2.75, 3.05) is 6.54 Å². The molecule has 0 heterocycles. The van der Waals surface area contributed by atoms with Gasteiger partial charge in [-0.2, -0.15) is 5.26 Å². The van der Waals surface area contributed by atoms with Crippen LogP contribution in [0.15, 0.2) is 0 Å². The first-order valence-corrected chi connectivity index (χ1v) is 4.75. The van der Waals surface area contributed by atoms with Gasteiger partial charge >= 0.3 is 6.09 Å². The summed E-state index contributed by atoms with van der Waals surface area (Å²) in [7, 11) is 0. The maximum atomic E-state index is 11.2. The zero-order valence-corrected chi connectivity index (χ0v) is 9.26. The van der Waals surface area contributed by atoms with Gasteiger partial charge in [0.1, 0.15) is 5.60 Å². The quantitative estimate of drug-likeness (QED) is 0.755. The zero-order chi connectivity index (χ0) is 11.2. The molecule has 1 unspecified atom stereocenters. The summed E-state index contributed by atoms with van der Waals surface area (Å²) >= 11 is 0. The summed E-state index contributed by atoms with van der Waals surface area (Å²) < 4.78 is 5.02. The van der Waals surface area contributed by atoms with Crippen LogP contribution in [-0.2, 0) is 4.74 Å². The highest BCUT2D eigenvalue weighted by atomic mass is 16.6. The SMILES string of the molecule is CCC(C#N)CNC(=O)OC(C)(C)C. The van der Waals surface area contributed by atoms with Crippen molar-refractivity contribution in [3.05, 3.63) is 0 Å². The number of carbonyl (C=O) groups excluding carboxylic acids is 1. The minimum absolute atomic E-state index is 0.137. The van der Waals surface area contributed by atoms with Crippen LogP contribution in [0.4, 0.5) is 4.79 Å². The van der Waals surface area contributed by atoms with Gasteiger partial charge in [-0.05, 0) is 27.2 Å². The second-order valence-corrected chi connectivity index (χ2v) is 4.12. The van der Waals surface area contributed by atoms with Gasteiger partial charge in [0.25, 0.3) is 0 Å². The van der Waals surface area contributed by atoms with Gasteiger partial charge in [-0.1, -0.05) is 6.92 Å². The molecule has 0 aliphatic heterocycles. The number of rotatable bonds is 3. The molecule has 0 aromatic heterocycles. The Hall–Kier alpha value is -1.24. The van der Waals surface area contributed by atoms with E-state index in [9.17, 15) is 4.79 Å². The molecule has 1 N–H and O–H groups in total. The number of nitriles is 1. The van der Waals surface area contributed by atoms with Crippen LogP contribution in [0.5, 0.6) is 0 Å². The van der Waals surface area contributed by atoms with Crippen LogP contribution < -0.4 is 5.32 Å². The number of nitrogens with zero attached hydrogens (tertiary/aromatic N) is 1. The van der Waals surface area contributed by atoms with Crippen molar-refractivity contribution in [1.82, 2.24) is 5.32 Å². The van der Waals surface area contributed by atoms with Crippen molar-refractivity contribution in [3.63, 3.8) is 0 Å². The molecule has 0 radical (unpaired) electrons. The summed E-state index contributed by atoms with van der Waals surface area (Å²) in [6.07, 6.45) is 0.262. The zero-order valence-electron chi connectivity index (χ0n) is 9.26. The number of carbonyl (C=O) groups is 1. The second-order valence-electron chi connectivity index (χ2n) is 4.12. The fourth-order valence-electron chi connectivity index (χ4n) is 0.802. The lowest BCUT2D eigenvalue weighted by Gasteiger charge is -2.20. The van der Waals surface area contributed by atoms with Gasteiger partial charge in [0.15, 0.2) is 0 Å². The Morgan fingerprint density at radius 3 is 2.50 bits per heavy atom. The van der Waals surface area contributed by atoms with Crippen molar-refractivity contribution >= 4 is 6.09 Å². The molecule has 0 rings (SSSR count). The van der Waals surface area contributed by atoms with Crippen LogP contribution in [0, 0.1) is 17.2 Å². The van der Waals surface area contributed by atoms with Crippen LogP contribution >= 0.6 is 0 Å². The van der Waals surface area contributed by atoms with Crippen molar-refractivity contribution in [2.45, 2.75) is 39.7 Å². The normalized spacial score (nSPS) is 12.8. The summed E-state index contributed by atoms with van der Waals surface area (Å²) in [5.41, 5.74) is -0.488. The largest absolute Gasteiger partial charge is 0.444 e. The van der Waals surface area contributed by atoms with Crippen molar-refractivity contribution in [1.29, 1.82) is 5.26 Å². The Kier molecular flexibility index (Phi) is 5.00. The Balaban J connectivity index is 3.81. The fraction of sp³-hybridized carbons (Fsp3) is 0.800. The Labute approximate surface area is 85.2 Å². The van der Waals surface area contributed by atoms with Crippen molar-refractivity contribution < 1.29 is 9.53 Å². The molecule has 80 valence electrons. The molecule has 0 spiro atoms. The highest BCUT2D eigenvalue weighted by Gasteiger charge is 2.16. The molecular weight excluding hydrogens is 180 g/mol. The van der Waals surface area contributed by atoms with E-state index in [0.29, 0.717) is 6.54 Å². The lowest BCUT2D eigenvalue weighted by Crippen LogP contribution is -2.34. The molecule has 0 aromatic carbocycles. The molecule has 0 aromatic rings. The van der Waals surface area contributed by atoms with E-state index in [1.54, 1.807) is 20.8 Å². The molecule has 14 heavy (non-hydrogen) atoms. The maximum Gasteiger partial charge on any atom is 0.407 e. The summed E-state index contributed by atoms with van der Waals surface area (Å²) in [6.45, 7) is 7.66. The average Bonchev–Trinajstić information content (AvgIpc) is 2.03. The first-order chi connectivity index (χ1) is 6.39. The average molecular weight is 198 g/mol. The second kappa shape index (κ2) is 5.48. The van der Waals surface area contributed by atoms with Crippen molar-refractivity contribution in [2.24, 2.45) is 5.92 Å². The predicted molar refractivity (Wildman–Crippen MR) is 53.6 cm³/mol. The highest BCUT2D eigenvalue weighted by Crippen LogP contribution is 2.06. The van der Waals surface area contributed by atoms with E-state index in [1.165, 1.54) is 0 Å². The van der Waals surface area contributed by atoms with Crippen LogP contribution in [-0.4, -0.2) is 18.2 Å². The molecule has 4 heteroatoms. The summed E-state index contributed by atoms with van der Waals surface area (Å²) in [4.78, 5) is 11.2. The molecule has 0 aliphatic rings. The summed E-state index contributed by atoms with van der Waals surface area (Å²) in [5, 5.41) is 11.2. The molecule has 1 atom stereocenters. The predicted octanol–water partition coefficient (Wildman–Crippen LogP) is 2.06. The van der Waals surface area contributed by atoms with E-state index >= 15 is 0 Å². The lowest BCUT2D eigenvalue weighted by molar-refractivity contribution is 0.0523. The molecule has 1 amide bonds. The highest BCUT2D eigenvalue weighted by molar-refractivity contribution is 5.67. The molecular formula is C10H18N2O2. The van der Waals surface area contributed by atoms with Gasteiger partial charge in [-0.25, -0.2) is 4.79 Å². The fourth-order valence-corrected chi connectivity index (χ4v) is 0.802. The smallest absolute Gasteiger partial charge is 0.407 e. The molecule has 0 fully saturated rings. The van der Waals surface area contributed by atoms with Gasteiger partial charge in [-0.15, -0.1) is 0 Å². The summed E-state index contributed by atoms with van der Waals surface area (Å²) in [6, 6.07) is 2.10. The number of alkyl carbamates (subject to hydrolysis) is 1. The third kappa shape index (κ3) is 6.30. The van der Waals surface area contributed by atoms with E-state index in [4.69, 9.17) is 10.00 Å². The standard InChI is InChI=1S/C10H18N2O2/c1-5-8(6-11)7-12-9(13)14-10(2,3)4/h8H,5,7H2,1-4H3,(H,12,13). The third-order valence-electron chi connectivity index (χ3n) is 1.57. The van der Waals surface area contributed by atoms with E-state index in [-0.39, 0.29) is 5.92 Å². The number of hydrogen-bond donors (Lipinski definition) is 1.